The molecule has 0 fully saturated rings. The number of benzene rings is 1. The number of thioether (sulfide) groups is 2. The fourth-order valence-corrected chi connectivity index (χ4v) is 16.1. The van der Waals surface area contributed by atoms with Crippen molar-refractivity contribution in [1.82, 2.24) is 4.90 Å². The Morgan fingerprint density at radius 3 is 1.38 bits per heavy atom. The Balaban J connectivity index is 1.15. The van der Waals surface area contributed by atoms with Gasteiger partial charge in [-0.15, -0.1) is 45.3 Å². The minimum Gasteiger partial charge on any atom is -0.274 e. The van der Waals surface area contributed by atoms with Gasteiger partial charge in [0, 0.05) is 56.0 Å². The number of nitriles is 2. The molecule has 0 N–H and O–H groups in total. The van der Waals surface area contributed by atoms with E-state index >= 15 is 0 Å². The molecule has 0 spiro atoms. The molecule has 1 aromatic carbocycles. The Kier molecular flexibility index (Phi) is 13.3. The second-order valence-electron chi connectivity index (χ2n) is 13.4. The average Bonchev–Trinajstić information content (AvgIpc) is 3.98. The van der Waals surface area contributed by atoms with E-state index in [9.17, 15) is 20.1 Å². The van der Waals surface area contributed by atoms with Crippen LogP contribution in [0, 0.1) is 22.7 Å². The van der Waals surface area contributed by atoms with Gasteiger partial charge in [-0.1, -0.05) is 114 Å². The van der Waals surface area contributed by atoms with E-state index in [1.54, 1.807) is 45.3 Å². The van der Waals surface area contributed by atoms with Crippen LogP contribution in [-0.2, 0) is 0 Å². The lowest BCUT2D eigenvalue weighted by Gasteiger charge is -2.15. The lowest BCUT2D eigenvalue weighted by Crippen LogP contribution is -2.30. The van der Waals surface area contributed by atoms with Gasteiger partial charge in [0.05, 0.1) is 22.9 Å². The third-order valence-electron chi connectivity index (χ3n) is 9.73. The van der Waals surface area contributed by atoms with E-state index in [0.29, 0.717) is 21.9 Å². The summed E-state index contributed by atoms with van der Waals surface area (Å²) in [5.74, 6) is -0.497. The zero-order chi connectivity index (χ0) is 37.1. The first-order valence-electron chi connectivity index (χ1n) is 18.2. The third-order valence-corrected chi connectivity index (χ3v) is 18.0. The maximum absolute atomic E-state index is 14.6. The molecular formula is C40H37Br2N3O2S6. The van der Waals surface area contributed by atoms with Crippen LogP contribution in [0.25, 0.3) is 39.7 Å². The van der Waals surface area contributed by atoms with Crippen molar-refractivity contribution in [3.63, 3.8) is 0 Å². The summed E-state index contributed by atoms with van der Waals surface area (Å²) in [6.07, 6.45) is 17.4. The van der Waals surface area contributed by atoms with Gasteiger partial charge in [0.1, 0.15) is 17.7 Å². The fraction of sp³-hybridized carbons (Fsp3) is 0.400. The summed E-state index contributed by atoms with van der Waals surface area (Å²) in [7, 11) is 0. The maximum Gasteiger partial charge on any atom is 0.262 e. The van der Waals surface area contributed by atoms with Crippen molar-refractivity contribution in [2.75, 3.05) is 6.54 Å². The summed E-state index contributed by atoms with van der Waals surface area (Å²) in [5.41, 5.74) is 2.43. The first-order chi connectivity index (χ1) is 25.8. The molecule has 7 rings (SSSR count). The summed E-state index contributed by atoms with van der Waals surface area (Å²) in [6.45, 7) is 2.66. The van der Waals surface area contributed by atoms with Gasteiger partial charge in [0.2, 0.25) is 0 Å². The van der Waals surface area contributed by atoms with E-state index in [4.69, 9.17) is 0 Å². The molecule has 13 heteroatoms. The predicted molar refractivity (Wildman–Crippen MR) is 235 cm³/mol. The SMILES string of the molecule is CCCCCCCCCCCCCCCCN1C(=O)c2c(c(-c3cc4sc(Br)cc4s3)c3c(c2-c2cc4sc(Br)cc4s2)SC(=C(C#N)C#N)S3)C1=O. The molecule has 5 nitrogen and oxygen atoms in total. The van der Waals surface area contributed by atoms with Crippen molar-refractivity contribution in [2.45, 2.75) is 107 Å². The van der Waals surface area contributed by atoms with Crippen LogP contribution in [0.2, 0.25) is 0 Å². The fourth-order valence-electron chi connectivity index (χ4n) is 7.11. The third kappa shape index (κ3) is 8.30. The standard InChI is InChI=1S/C40H37Br2N3O2S6/c1-2-3-4-5-6-7-8-9-10-11-12-13-14-15-16-45-38(46)34-32(28-17-24-26(48-28)19-30(41)50-24)36-37(53-40(52-36)23(21-43)22-44)33(35(34)39(45)47)29-18-25-27(49-29)20-31(42)51-25/h17-20H,2-16H2,1H3. The van der Waals surface area contributed by atoms with Crippen LogP contribution in [0.4, 0.5) is 0 Å². The molecule has 0 radical (unpaired) electrons. The molecule has 0 atom stereocenters. The molecule has 53 heavy (non-hydrogen) atoms. The number of allylic oxidation sites excluding steroid dienone is 1. The second-order valence-corrected chi connectivity index (χ2v) is 22.8. The molecule has 0 saturated heterocycles. The lowest BCUT2D eigenvalue weighted by molar-refractivity contribution is 0.0652. The van der Waals surface area contributed by atoms with Crippen molar-refractivity contribution in [3.05, 3.63) is 52.8 Å². The first kappa shape index (κ1) is 39.3. The number of amides is 2. The van der Waals surface area contributed by atoms with Crippen molar-refractivity contribution in [3.8, 4) is 33.0 Å². The Morgan fingerprint density at radius 2 is 0.981 bits per heavy atom. The molecule has 0 saturated carbocycles. The normalized spacial score (nSPS) is 13.8. The molecule has 6 heterocycles. The molecule has 0 aliphatic carbocycles. The summed E-state index contributed by atoms with van der Waals surface area (Å²) < 4.78 is 7.06. The number of fused-ring (bicyclic) bond motifs is 4. The number of hydrogen-bond acceptors (Lipinski definition) is 10. The highest BCUT2D eigenvalue weighted by Gasteiger charge is 2.45. The molecule has 2 aliphatic rings. The van der Waals surface area contributed by atoms with Gasteiger partial charge in [0.15, 0.2) is 0 Å². The van der Waals surface area contributed by atoms with Gasteiger partial charge in [-0.2, -0.15) is 10.5 Å². The molecular weight excluding hydrogens is 907 g/mol. The molecule has 0 bridgehead atoms. The lowest BCUT2D eigenvalue weighted by atomic mass is 9.95. The minimum atomic E-state index is -0.249. The summed E-state index contributed by atoms with van der Waals surface area (Å²) >= 11 is 16.5. The monoisotopic (exact) mass is 941 g/mol. The number of imide groups is 1. The zero-order valence-corrected chi connectivity index (χ0v) is 37.4. The van der Waals surface area contributed by atoms with Crippen molar-refractivity contribution in [2.24, 2.45) is 0 Å². The Bertz CT molecular complexity index is 2110. The van der Waals surface area contributed by atoms with Gasteiger partial charge in [-0.25, -0.2) is 0 Å². The van der Waals surface area contributed by atoms with E-state index < -0.39 is 0 Å². The van der Waals surface area contributed by atoms with Gasteiger partial charge in [-0.05, 0) is 62.5 Å². The van der Waals surface area contributed by atoms with E-state index in [0.717, 1.165) is 76.3 Å². The number of halogens is 2. The van der Waals surface area contributed by atoms with E-state index in [1.807, 2.05) is 0 Å². The molecule has 2 aliphatic heterocycles. The average molecular weight is 944 g/mol. The highest BCUT2D eigenvalue weighted by Crippen LogP contribution is 2.63. The molecule has 0 unspecified atom stereocenters. The van der Waals surface area contributed by atoms with E-state index in [-0.39, 0.29) is 17.4 Å². The summed E-state index contributed by atoms with van der Waals surface area (Å²) in [6, 6.07) is 12.5. The van der Waals surface area contributed by atoms with Crippen LogP contribution in [0.5, 0.6) is 0 Å². The number of carbonyl (C=O) groups excluding carboxylic acids is 2. The van der Waals surface area contributed by atoms with Gasteiger partial charge in [0.25, 0.3) is 11.8 Å². The number of hydrogen-bond donors (Lipinski definition) is 0. The van der Waals surface area contributed by atoms with Crippen LogP contribution < -0.4 is 0 Å². The topological polar surface area (TPSA) is 85.0 Å². The van der Waals surface area contributed by atoms with Crippen LogP contribution in [0.15, 0.2) is 51.4 Å². The highest BCUT2D eigenvalue weighted by atomic mass is 79.9. The smallest absolute Gasteiger partial charge is 0.262 e. The van der Waals surface area contributed by atoms with Gasteiger partial charge >= 0.3 is 0 Å². The maximum atomic E-state index is 14.6. The summed E-state index contributed by atoms with van der Waals surface area (Å²) in [5, 5.41) is 19.7. The quantitative estimate of drug-likeness (QED) is 0.0524. The van der Waals surface area contributed by atoms with Crippen LogP contribution in [0.1, 0.15) is 118 Å². The second kappa shape index (κ2) is 17.9. The van der Waals surface area contributed by atoms with Crippen LogP contribution in [-0.4, -0.2) is 23.3 Å². The largest absolute Gasteiger partial charge is 0.274 e. The van der Waals surface area contributed by atoms with E-state index in [2.05, 4.69) is 75.2 Å². The number of thiophene rings is 4. The van der Waals surface area contributed by atoms with Crippen molar-refractivity contribution < 1.29 is 9.59 Å². The molecule has 274 valence electrons. The molecule has 2 amide bonds. The van der Waals surface area contributed by atoms with Gasteiger partial charge in [-0.3, -0.25) is 14.5 Å². The first-order valence-corrected chi connectivity index (χ1v) is 24.7. The summed E-state index contributed by atoms with van der Waals surface area (Å²) in [4.78, 5) is 34.2. The number of rotatable bonds is 17. The molecule has 4 aromatic heterocycles. The Hall–Kier alpha value is -1.94. The predicted octanol–water partition coefficient (Wildman–Crippen LogP) is 15.6. The van der Waals surface area contributed by atoms with E-state index in [1.165, 1.54) is 99.1 Å². The van der Waals surface area contributed by atoms with Crippen LogP contribution in [0.3, 0.4) is 0 Å². The van der Waals surface area contributed by atoms with Crippen LogP contribution >= 0.6 is 101 Å². The van der Waals surface area contributed by atoms with Crippen molar-refractivity contribution >= 4 is 131 Å². The number of carbonyl (C=O) groups is 2. The zero-order valence-electron chi connectivity index (χ0n) is 29.3. The molecule has 5 aromatic rings. The number of unbranched alkanes of at least 4 members (excludes halogenated alkanes) is 13. The Labute approximate surface area is 352 Å². The number of nitrogens with zero attached hydrogens (tertiary/aromatic N) is 3. The van der Waals surface area contributed by atoms with Gasteiger partial charge < -0.3 is 0 Å². The highest BCUT2D eigenvalue weighted by molar-refractivity contribution is 9.11. The van der Waals surface area contributed by atoms with Crippen molar-refractivity contribution in [1.29, 1.82) is 10.5 Å². The Morgan fingerprint density at radius 1 is 0.585 bits per heavy atom. The minimum absolute atomic E-state index is 0.0394.